The molecule has 3 heterocycles. The molecule has 1 aromatic carbocycles. The zero-order valence-corrected chi connectivity index (χ0v) is 19.4. The zero-order valence-electron chi connectivity index (χ0n) is 17.0. The summed E-state index contributed by atoms with van der Waals surface area (Å²) in [5, 5.41) is 11.8. The number of halogens is 2. The number of hydrogen-bond acceptors (Lipinski definition) is 4. The second kappa shape index (κ2) is 10.6. The molecule has 160 valence electrons. The molecule has 0 atom stereocenters. The Labute approximate surface area is 193 Å². The van der Waals surface area contributed by atoms with Gasteiger partial charge in [-0.25, -0.2) is 4.39 Å². The van der Waals surface area contributed by atoms with E-state index < -0.39 is 0 Å². The number of rotatable bonds is 5. The molecule has 0 bridgehead atoms. The fourth-order valence-electron chi connectivity index (χ4n) is 3.62. The van der Waals surface area contributed by atoms with E-state index in [1.807, 2.05) is 40.9 Å². The molecule has 0 unspecified atom stereocenters. The Morgan fingerprint density at radius 1 is 1.07 bits per heavy atom. The quantitative estimate of drug-likeness (QED) is 0.317. The molecule has 4 rings (SSSR count). The van der Waals surface area contributed by atoms with Crippen molar-refractivity contribution in [3.63, 3.8) is 0 Å². The fraction of sp³-hybridized carbons (Fsp3) is 0.381. The first-order chi connectivity index (χ1) is 14.3. The van der Waals surface area contributed by atoms with Crippen LogP contribution in [-0.4, -0.2) is 64.7 Å². The molecule has 1 fully saturated rings. The van der Waals surface area contributed by atoms with Gasteiger partial charge in [-0.15, -0.1) is 34.2 Å². The third-order valence-corrected chi connectivity index (χ3v) is 5.09. The maximum atomic E-state index is 14.1. The molecular formula is C21H27FIN7. The second-order valence-electron chi connectivity index (χ2n) is 6.96. The lowest BCUT2D eigenvalue weighted by molar-refractivity contribution is 0.371. The second-order valence-corrected chi connectivity index (χ2v) is 6.96. The smallest absolute Gasteiger partial charge is 0.194 e. The summed E-state index contributed by atoms with van der Waals surface area (Å²) < 4.78 is 16.1. The molecule has 0 radical (unpaired) electrons. The number of guanidine groups is 1. The Morgan fingerprint density at radius 2 is 1.83 bits per heavy atom. The number of hydrogen-bond donors (Lipinski definition) is 1. The van der Waals surface area contributed by atoms with Crippen molar-refractivity contribution in [3.8, 4) is 0 Å². The third-order valence-electron chi connectivity index (χ3n) is 5.09. The van der Waals surface area contributed by atoms with Gasteiger partial charge in [-0.05, 0) is 31.2 Å². The number of nitrogens with zero attached hydrogens (tertiary/aromatic N) is 6. The Hall–Kier alpha value is -2.43. The number of aliphatic imine (C=N–C) groups is 1. The normalized spacial score (nSPS) is 14.7. The Bertz CT molecular complexity index is 982. The molecule has 1 N–H and O–H groups in total. The molecule has 0 amide bonds. The van der Waals surface area contributed by atoms with Crippen LogP contribution in [0.3, 0.4) is 0 Å². The van der Waals surface area contributed by atoms with Crippen molar-refractivity contribution in [2.75, 3.05) is 44.2 Å². The molecule has 2 aromatic heterocycles. The minimum absolute atomic E-state index is 0. The third kappa shape index (κ3) is 5.00. The molecule has 0 aliphatic carbocycles. The van der Waals surface area contributed by atoms with E-state index in [-0.39, 0.29) is 29.8 Å². The summed E-state index contributed by atoms with van der Waals surface area (Å²) in [5.41, 5.74) is 1.52. The Morgan fingerprint density at radius 3 is 2.60 bits per heavy atom. The Balaban J connectivity index is 0.00000256. The average molecular weight is 523 g/mol. The summed E-state index contributed by atoms with van der Waals surface area (Å²) >= 11 is 0. The number of nitrogens with one attached hydrogen (secondary N) is 1. The number of aromatic nitrogens is 3. The lowest BCUT2D eigenvalue weighted by Gasteiger charge is -2.37. The molecule has 0 saturated carbocycles. The van der Waals surface area contributed by atoms with Crippen LogP contribution >= 0.6 is 24.0 Å². The standard InChI is InChI=1S/C21H26FN7.HI/c1-2-23-21(24-11-10-20-26-25-19-9-5-6-12-29(19)20)28-15-13-27(14-16-28)18-8-4-3-7-17(18)22;/h3-9,12H,2,10-11,13-16H2,1H3,(H,23,24);1H. The molecule has 30 heavy (non-hydrogen) atoms. The number of para-hydroxylation sites is 1. The van der Waals surface area contributed by atoms with Gasteiger partial charge in [-0.1, -0.05) is 18.2 Å². The zero-order chi connectivity index (χ0) is 20.1. The summed E-state index contributed by atoms with van der Waals surface area (Å²) in [7, 11) is 0. The van der Waals surface area contributed by atoms with Crippen LogP contribution in [0, 0.1) is 5.82 Å². The maximum Gasteiger partial charge on any atom is 0.194 e. The monoisotopic (exact) mass is 523 g/mol. The van der Waals surface area contributed by atoms with E-state index in [1.165, 1.54) is 6.07 Å². The van der Waals surface area contributed by atoms with Crippen molar-refractivity contribution in [1.29, 1.82) is 0 Å². The summed E-state index contributed by atoms with van der Waals surface area (Å²) in [4.78, 5) is 9.13. The Kier molecular flexibility index (Phi) is 7.83. The van der Waals surface area contributed by atoms with Crippen molar-refractivity contribution < 1.29 is 4.39 Å². The highest BCUT2D eigenvalue weighted by Gasteiger charge is 2.21. The molecule has 7 nitrogen and oxygen atoms in total. The lowest BCUT2D eigenvalue weighted by Crippen LogP contribution is -2.52. The van der Waals surface area contributed by atoms with E-state index in [1.54, 1.807) is 6.07 Å². The fourth-order valence-corrected chi connectivity index (χ4v) is 3.62. The molecule has 1 saturated heterocycles. The van der Waals surface area contributed by atoms with Crippen molar-refractivity contribution in [2.45, 2.75) is 13.3 Å². The van der Waals surface area contributed by atoms with Gasteiger partial charge in [0.15, 0.2) is 11.6 Å². The highest BCUT2D eigenvalue weighted by atomic mass is 127. The van der Waals surface area contributed by atoms with Crippen LogP contribution in [0.25, 0.3) is 5.65 Å². The predicted molar refractivity (Wildman–Crippen MR) is 128 cm³/mol. The molecule has 0 spiro atoms. The molecule has 1 aliphatic rings. The predicted octanol–water partition coefficient (Wildman–Crippen LogP) is 2.82. The van der Waals surface area contributed by atoms with Gasteiger partial charge in [0, 0.05) is 51.9 Å². The van der Waals surface area contributed by atoms with E-state index in [2.05, 4.69) is 32.2 Å². The summed E-state index contributed by atoms with van der Waals surface area (Å²) in [6.07, 6.45) is 2.69. The van der Waals surface area contributed by atoms with Crippen molar-refractivity contribution >= 4 is 41.3 Å². The highest BCUT2D eigenvalue weighted by molar-refractivity contribution is 14.0. The van der Waals surface area contributed by atoms with Gasteiger partial charge in [-0.3, -0.25) is 9.39 Å². The summed E-state index contributed by atoms with van der Waals surface area (Å²) in [5.74, 6) is 1.64. The maximum absolute atomic E-state index is 14.1. The van der Waals surface area contributed by atoms with Crippen LogP contribution in [0.4, 0.5) is 10.1 Å². The summed E-state index contributed by atoms with van der Waals surface area (Å²) in [6.45, 7) is 6.63. The molecular weight excluding hydrogens is 496 g/mol. The lowest BCUT2D eigenvalue weighted by atomic mass is 10.2. The number of piperazine rings is 1. The minimum Gasteiger partial charge on any atom is -0.366 e. The number of benzene rings is 1. The minimum atomic E-state index is -0.165. The number of pyridine rings is 1. The molecule has 1 aliphatic heterocycles. The average Bonchev–Trinajstić information content (AvgIpc) is 3.17. The van der Waals surface area contributed by atoms with Crippen LogP contribution < -0.4 is 10.2 Å². The number of fused-ring (bicyclic) bond motifs is 1. The number of anilines is 1. The van der Waals surface area contributed by atoms with Gasteiger partial charge in [0.1, 0.15) is 11.6 Å². The van der Waals surface area contributed by atoms with Crippen molar-refractivity contribution in [3.05, 3.63) is 60.3 Å². The van der Waals surface area contributed by atoms with E-state index in [0.717, 1.165) is 56.6 Å². The van der Waals surface area contributed by atoms with Gasteiger partial charge < -0.3 is 15.1 Å². The van der Waals surface area contributed by atoms with E-state index in [0.29, 0.717) is 12.2 Å². The summed E-state index contributed by atoms with van der Waals surface area (Å²) in [6, 6.07) is 12.8. The van der Waals surface area contributed by atoms with Gasteiger partial charge in [0.2, 0.25) is 0 Å². The van der Waals surface area contributed by atoms with Gasteiger partial charge in [0.05, 0.1) is 5.69 Å². The van der Waals surface area contributed by atoms with Crippen LogP contribution in [0.15, 0.2) is 53.7 Å². The van der Waals surface area contributed by atoms with Gasteiger partial charge >= 0.3 is 0 Å². The van der Waals surface area contributed by atoms with Crippen molar-refractivity contribution in [2.24, 2.45) is 4.99 Å². The first-order valence-electron chi connectivity index (χ1n) is 10.1. The SMILES string of the molecule is CCNC(=NCCc1nnc2ccccn12)N1CCN(c2ccccc2F)CC1.I. The van der Waals surface area contributed by atoms with Crippen molar-refractivity contribution in [1.82, 2.24) is 24.8 Å². The van der Waals surface area contributed by atoms with Crippen LogP contribution in [0.2, 0.25) is 0 Å². The van der Waals surface area contributed by atoms with E-state index in [4.69, 9.17) is 4.99 Å². The first kappa shape index (κ1) is 22.3. The van der Waals surface area contributed by atoms with Gasteiger partial charge in [-0.2, -0.15) is 0 Å². The topological polar surface area (TPSA) is 61.1 Å². The first-order valence-corrected chi connectivity index (χ1v) is 10.1. The largest absolute Gasteiger partial charge is 0.366 e. The molecule has 3 aromatic rings. The van der Waals surface area contributed by atoms with E-state index in [9.17, 15) is 4.39 Å². The van der Waals surface area contributed by atoms with Gasteiger partial charge in [0.25, 0.3) is 0 Å². The molecule has 9 heteroatoms. The van der Waals surface area contributed by atoms with Crippen LogP contribution in [0.5, 0.6) is 0 Å². The van der Waals surface area contributed by atoms with Crippen LogP contribution in [0.1, 0.15) is 12.7 Å². The van der Waals surface area contributed by atoms with E-state index >= 15 is 0 Å². The van der Waals surface area contributed by atoms with Crippen LogP contribution in [-0.2, 0) is 6.42 Å². The highest BCUT2D eigenvalue weighted by Crippen LogP contribution is 2.20.